The summed E-state index contributed by atoms with van der Waals surface area (Å²) < 4.78 is 7.02. The molecule has 8 heteroatoms. The molecule has 148 valence electrons. The molecule has 0 bridgehead atoms. The van der Waals surface area contributed by atoms with E-state index in [1.807, 2.05) is 48.5 Å². The van der Waals surface area contributed by atoms with Gasteiger partial charge in [-0.1, -0.05) is 42.8 Å². The van der Waals surface area contributed by atoms with Crippen molar-refractivity contribution in [2.45, 2.75) is 19.4 Å². The molecule has 1 aromatic heterocycles. The zero-order chi connectivity index (χ0) is 20.4. The number of anilines is 2. The quantitative estimate of drug-likeness (QED) is 0.655. The molecule has 0 fully saturated rings. The van der Waals surface area contributed by atoms with Gasteiger partial charge in [0.05, 0.1) is 7.11 Å². The molecule has 1 aliphatic heterocycles. The molecule has 0 aliphatic carbocycles. The highest BCUT2D eigenvalue weighted by atomic mass is 35.5. The number of rotatable bonds is 5. The normalized spacial score (nSPS) is 15.1. The highest BCUT2D eigenvalue weighted by Gasteiger charge is 2.25. The molecule has 4 rings (SSSR count). The van der Waals surface area contributed by atoms with Gasteiger partial charge in [0, 0.05) is 17.1 Å². The number of benzene rings is 2. The average molecular weight is 410 g/mol. The van der Waals surface area contributed by atoms with Crippen LogP contribution in [-0.4, -0.2) is 27.8 Å². The molecule has 2 N–H and O–H groups in total. The fourth-order valence-corrected chi connectivity index (χ4v) is 3.22. The topological polar surface area (TPSA) is 81.1 Å². The lowest BCUT2D eigenvalue weighted by molar-refractivity contribution is -0.115. The number of nitrogens with one attached hydrogen (secondary N) is 2. The van der Waals surface area contributed by atoms with E-state index in [1.165, 1.54) is 0 Å². The molecular formula is C21H20ClN5O2. The second kappa shape index (κ2) is 7.97. The molecule has 2 heterocycles. The van der Waals surface area contributed by atoms with Gasteiger partial charge in [-0.2, -0.15) is 4.98 Å². The maximum absolute atomic E-state index is 11.8. The number of hydrogen-bond acceptors (Lipinski definition) is 5. The third kappa shape index (κ3) is 3.95. The van der Waals surface area contributed by atoms with E-state index in [4.69, 9.17) is 16.3 Å². The van der Waals surface area contributed by atoms with Crippen LogP contribution in [0.5, 0.6) is 5.75 Å². The number of ether oxygens (including phenoxy) is 1. The Morgan fingerprint density at radius 3 is 2.59 bits per heavy atom. The van der Waals surface area contributed by atoms with Crippen LogP contribution < -0.4 is 15.4 Å². The molecule has 3 aromatic rings. The van der Waals surface area contributed by atoms with Gasteiger partial charge in [-0.05, 0) is 41.5 Å². The largest absolute Gasteiger partial charge is 0.497 e. The minimum atomic E-state index is -0.206. The second-order valence-corrected chi connectivity index (χ2v) is 6.97. The van der Waals surface area contributed by atoms with Gasteiger partial charge in [-0.25, -0.2) is 4.68 Å². The van der Waals surface area contributed by atoms with Crippen molar-refractivity contribution in [2.24, 2.45) is 0 Å². The van der Waals surface area contributed by atoms with E-state index in [2.05, 4.69) is 26.8 Å². The van der Waals surface area contributed by atoms with Gasteiger partial charge in [0.15, 0.2) is 0 Å². The summed E-state index contributed by atoms with van der Waals surface area (Å²) in [5, 5.41) is 11.2. The number of aromatic nitrogens is 3. The summed E-state index contributed by atoms with van der Waals surface area (Å²) in [6.07, 6.45) is 2.42. The number of carbonyl (C=O) groups is 1. The Bertz CT molecular complexity index is 1060. The molecule has 1 amide bonds. The molecule has 0 radical (unpaired) electrons. The summed E-state index contributed by atoms with van der Waals surface area (Å²) in [5.41, 5.74) is 2.87. The zero-order valence-electron chi connectivity index (χ0n) is 16.0. The first kappa shape index (κ1) is 19.0. The van der Waals surface area contributed by atoms with E-state index < -0.39 is 0 Å². The molecule has 1 atom stereocenters. The van der Waals surface area contributed by atoms with Crippen LogP contribution in [0.1, 0.15) is 30.5 Å². The Kier molecular flexibility index (Phi) is 5.22. The van der Waals surface area contributed by atoms with Crippen molar-refractivity contribution in [3.05, 3.63) is 70.8 Å². The van der Waals surface area contributed by atoms with E-state index in [1.54, 1.807) is 18.7 Å². The van der Waals surface area contributed by atoms with Gasteiger partial charge in [0.2, 0.25) is 11.9 Å². The number of halogens is 1. The molecule has 0 saturated carbocycles. The predicted molar refractivity (Wildman–Crippen MR) is 113 cm³/mol. The zero-order valence-corrected chi connectivity index (χ0v) is 16.8. The molecule has 29 heavy (non-hydrogen) atoms. The summed E-state index contributed by atoms with van der Waals surface area (Å²) in [5.74, 6) is 1.45. The summed E-state index contributed by atoms with van der Waals surface area (Å²) in [6, 6.07) is 15.1. The first-order chi connectivity index (χ1) is 14.1. The van der Waals surface area contributed by atoms with E-state index in [0.29, 0.717) is 17.4 Å². The van der Waals surface area contributed by atoms with Crippen molar-refractivity contribution in [2.75, 3.05) is 17.7 Å². The van der Waals surface area contributed by atoms with Crippen LogP contribution in [0.25, 0.3) is 5.70 Å². The van der Waals surface area contributed by atoms with E-state index in [9.17, 15) is 4.79 Å². The van der Waals surface area contributed by atoms with Gasteiger partial charge in [-0.15, -0.1) is 5.10 Å². The summed E-state index contributed by atoms with van der Waals surface area (Å²) >= 11 is 6.03. The Balaban J connectivity index is 1.76. The lowest BCUT2D eigenvalue weighted by Crippen LogP contribution is -2.20. The lowest BCUT2D eigenvalue weighted by Gasteiger charge is -2.24. The van der Waals surface area contributed by atoms with Crippen molar-refractivity contribution in [3.8, 4) is 5.75 Å². The molecular weight excluding hydrogens is 390 g/mol. The van der Waals surface area contributed by atoms with E-state index in [-0.39, 0.29) is 17.9 Å². The minimum Gasteiger partial charge on any atom is -0.497 e. The van der Waals surface area contributed by atoms with Crippen LogP contribution in [0.2, 0.25) is 5.02 Å². The summed E-state index contributed by atoms with van der Waals surface area (Å²) in [6.45, 7) is 1.78. The molecule has 0 spiro atoms. The third-order valence-corrected chi connectivity index (χ3v) is 4.90. The van der Waals surface area contributed by atoms with Gasteiger partial charge >= 0.3 is 0 Å². The fourth-order valence-electron chi connectivity index (χ4n) is 3.10. The van der Waals surface area contributed by atoms with Gasteiger partial charge in [0.25, 0.3) is 5.95 Å². The Morgan fingerprint density at radius 2 is 1.93 bits per heavy atom. The van der Waals surface area contributed by atoms with Crippen molar-refractivity contribution in [1.82, 2.24) is 14.8 Å². The summed E-state index contributed by atoms with van der Waals surface area (Å²) in [4.78, 5) is 16.2. The predicted octanol–water partition coefficient (Wildman–Crippen LogP) is 4.34. The van der Waals surface area contributed by atoms with E-state index in [0.717, 1.165) is 22.6 Å². The maximum Gasteiger partial charge on any atom is 0.250 e. The number of amides is 1. The molecule has 0 unspecified atom stereocenters. The third-order valence-electron chi connectivity index (χ3n) is 4.65. The van der Waals surface area contributed by atoms with Gasteiger partial charge in [0.1, 0.15) is 11.8 Å². The van der Waals surface area contributed by atoms with Crippen LogP contribution in [0.15, 0.2) is 54.6 Å². The minimum absolute atomic E-state index is 0.139. The number of allylic oxidation sites excluding steroid dienone is 1. The first-order valence-electron chi connectivity index (χ1n) is 9.22. The molecule has 7 nitrogen and oxygen atoms in total. The van der Waals surface area contributed by atoms with Crippen LogP contribution >= 0.6 is 11.6 Å². The van der Waals surface area contributed by atoms with Gasteiger partial charge < -0.3 is 10.1 Å². The Hall–Kier alpha value is -3.32. The van der Waals surface area contributed by atoms with Gasteiger partial charge in [-0.3, -0.25) is 10.1 Å². The monoisotopic (exact) mass is 409 g/mol. The fraction of sp³-hybridized carbons (Fsp3) is 0.190. The van der Waals surface area contributed by atoms with Crippen molar-refractivity contribution in [1.29, 1.82) is 0 Å². The maximum atomic E-state index is 11.8. The summed E-state index contributed by atoms with van der Waals surface area (Å²) in [7, 11) is 1.64. The van der Waals surface area contributed by atoms with Crippen LogP contribution in [0, 0.1) is 0 Å². The molecule has 0 saturated heterocycles. The number of hydrogen-bond donors (Lipinski definition) is 2. The van der Waals surface area contributed by atoms with Crippen molar-refractivity contribution >= 4 is 35.1 Å². The number of methoxy groups -OCH3 is 1. The van der Waals surface area contributed by atoms with Crippen LogP contribution in [0.4, 0.5) is 11.9 Å². The van der Waals surface area contributed by atoms with Crippen molar-refractivity contribution < 1.29 is 9.53 Å². The Morgan fingerprint density at radius 1 is 1.21 bits per heavy atom. The number of nitrogens with zero attached hydrogens (tertiary/aromatic N) is 3. The van der Waals surface area contributed by atoms with Crippen LogP contribution in [0.3, 0.4) is 0 Å². The average Bonchev–Trinajstić information content (AvgIpc) is 3.15. The highest BCUT2D eigenvalue weighted by Crippen LogP contribution is 2.34. The first-order valence-corrected chi connectivity index (χ1v) is 9.60. The Labute approximate surface area is 173 Å². The van der Waals surface area contributed by atoms with Crippen LogP contribution in [-0.2, 0) is 4.79 Å². The lowest BCUT2D eigenvalue weighted by atomic mass is 10.0. The van der Waals surface area contributed by atoms with E-state index >= 15 is 0 Å². The standard InChI is InChI=1S/C21H20ClN5O2/c1-3-19(28)24-20-25-21-23-17(13-4-8-15(22)9-5-13)12-18(27(21)26-20)14-6-10-16(29-2)11-7-14/h4-12,18H,3H2,1-2H3,(H2,23,24,25,26,28)/t18-/m0/s1. The SMILES string of the molecule is CCC(=O)Nc1nc2n(n1)[C@H](c1ccc(OC)cc1)C=C(c1ccc(Cl)cc1)N2. The number of fused-ring (bicyclic) bond motifs is 1. The second-order valence-electron chi connectivity index (χ2n) is 6.54. The smallest absolute Gasteiger partial charge is 0.250 e. The molecule has 1 aliphatic rings. The highest BCUT2D eigenvalue weighted by molar-refractivity contribution is 6.30. The molecule has 2 aromatic carbocycles. The number of carbonyl (C=O) groups excluding carboxylic acids is 1. The van der Waals surface area contributed by atoms with Crippen molar-refractivity contribution in [3.63, 3.8) is 0 Å².